The lowest BCUT2D eigenvalue weighted by Gasteiger charge is -2.11. The fourth-order valence-electron chi connectivity index (χ4n) is 1.83. The minimum Gasteiger partial charge on any atom is -0.465 e. The molecule has 0 aliphatic rings. The molecule has 7 heteroatoms. The summed E-state index contributed by atoms with van der Waals surface area (Å²) in [5.41, 5.74) is 1.52. The van der Waals surface area contributed by atoms with Gasteiger partial charge in [0.2, 0.25) is 5.91 Å². The van der Waals surface area contributed by atoms with Crippen molar-refractivity contribution in [2.45, 2.75) is 13.8 Å². The van der Waals surface area contributed by atoms with Crippen LogP contribution >= 0.6 is 11.6 Å². The highest BCUT2D eigenvalue weighted by atomic mass is 35.5. The summed E-state index contributed by atoms with van der Waals surface area (Å²) in [6, 6.07) is 8.21. The van der Waals surface area contributed by atoms with Gasteiger partial charge in [0.05, 0.1) is 35.3 Å². The second-order valence-electron chi connectivity index (χ2n) is 5.39. The fraction of sp³-hybridized carbons (Fsp3) is 0.235. The Morgan fingerprint density at radius 2 is 1.96 bits per heavy atom. The second-order valence-corrected chi connectivity index (χ2v) is 5.79. The molecule has 0 saturated carbocycles. The van der Waals surface area contributed by atoms with Crippen LogP contribution in [0, 0.1) is 5.92 Å². The third kappa shape index (κ3) is 4.45. The summed E-state index contributed by atoms with van der Waals surface area (Å²) < 4.78 is 4.69. The SMILES string of the molecule is COC(=O)c1ccc(Cl)c(Nc2ccc(NC(=O)C(C)C)cn2)c1. The van der Waals surface area contributed by atoms with Gasteiger partial charge >= 0.3 is 5.97 Å². The number of nitrogens with zero attached hydrogens (tertiary/aromatic N) is 1. The number of halogens is 1. The largest absolute Gasteiger partial charge is 0.465 e. The molecule has 6 nitrogen and oxygen atoms in total. The number of benzene rings is 1. The van der Waals surface area contributed by atoms with Gasteiger partial charge in [0, 0.05) is 5.92 Å². The van der Waals surface area contributed by atoms with E-state index >= 15 is 0 Å². The third-order valence-electron chi connectivity index (χ3n) is 3.21. The van der Waals surface area contributed by atoms with Crippen LogP contribution in [0.4, 0.5) is 17.2 Å². The molecule has 0 aliphatic carbocycles. The average Bonchev–Trinajstić information content (AvgIpc) is 2.57. The summed E-state index contributed by atoms with van der Waals surface area (Å²) >= 11 is 6.13. The molecule has 1 amide bonds. The number of ether oxygens (including phenoxy) is 1. The van der Waals surface area contributed by atoms with Crippen molar-refractivity contribution >= 4 is 40.7 Å². The first-order valence-corrected chi connectivity index (χ1v) is 7.70. The minimum absolute atomic E-state index is 0.0775. The molecule has 1 aromatic carbocycles. The zero-order chi connectivity index (χ0) is 17.7. The van der Waals surface area contributed by atoms with Gasteiger partial charge in [-0.2, -0.15) is 0 Å². The number of anilines is 3. The topological polar surface area (TPSA) is 80.3 Å². The van der Waals surface area contributed by atoms with Gasteiger partial charge < -0.3 is 15.4 Å². The highest BCUT2D eigenvalue weighted by Gasteiger charge is 2.10. The van der Waals surface area contributed by atoms with E-state index in [0.29, 0.717) is 27.8 Å². The van der Waals surface area contributed by atoms with E-state index in [1.807, 2.05) is 13.8 Å². The van der Waals surface area contributed by atoms with E-state index in [4.69, 9.17) is 11.6 Å². The van der Waals surface area contributed by atoms with Crippen LogP contribution in [0.15, 0.2) is 36.5 Å². The van der Waals surface area contributed by atoms with Crippen molar-refractivity contribution in [2.75, 3.05) is 17.7 Å². The molecule has 2 aromatic rings. The molecular weight excluding hydrogens is 330 g/mol. The van der Waals surface area contributed by atoms with E-state index in [9.17, 15) is 9.59 Å². The summed E-state index contributed by atoms with van der Waals surface area (Å²) in [6.07, 6.45) is 1.54. The maximum atomic E-state index is 11.6. The van der Waals surface area contributed by atoms with Gasteiger partial charge in [0.15, 0.2) is 0 Å². The quantitative estimate of drug-likeness (QED) is 0.803. The molecule has 0 atom stereocenters. The van der Waals surface area contributed by atoms with Crippen molar-refractivity contribution in [3.8, 4) is 0 Å². The van der Waals surface area contributed by atoms with Crippen LogP contribution in [0.25, 0.3) is 0 Å². The van der Waals surface area contributed by atoms with E-state index in [0.717, 1.165) is 0 Å². The van der Waals surface area contributed by atoms with E-state index in [-0.39, 0.29) is 11.8 Å². The molecule has 0 saturated heterocycles. The Hall–Kier alpha value is -2.60. The number of methoxy groups -OCH3 is 1. The number of hydrogen-bond acceptors (Lipinski definition) is 5. The molecule has 1 heterocycles. The summed E-state index contributed by atoms with van der Waals surface area (Å²) in [5.74, 6) is -0.107. The van der Waals surface area contributed by atoms with Crippen molar-refractivity contribution in [1.29, 1.82) is 0 Å². The average molecular weight is 348 g/mol. The molecule has 1 aromatic heterocycles. The van der Waals surface area contributed by atoms with Crippen LogP contribution in [0.5, 0.6) is 0 Å². The van der Waals surface area contributed by atoms with Crippen LogP contribution in [-0.2, 0) is 9.53 Å². The van der Waals surface area contributed by atoms with E-state index < -0.39 is 5.97 Å². The normalized spacial score (nSPS) is 10.4. The molecular formula is C17H18ClN3O3. The molecule has 2 rings (SSSR count). The Morgan fingerprint density at radius 1 is 1.21 bits per heavy atom. The number of nitrogens with one attached hydrogen (secondary N) is 2. The summed E-state index contributed by atoms with van der Waals surface area (Å²) in [5, 5.41) is 6.24. The van der Waals surface area contributed by atoms with Gasteiger partial charge in [-0.15, -0.1) is 0 Å². The van der Waals surface area contributed by atoms with Gasteiger partial charge in [-0.25, -0.2) is 9.78 Å². The van der Waals surface area contributed by atoms with Crippen molar-refractivity contribution < 1.29 is 14.3 Å². The summed E-state index contributed by atoms with van der Waals surface area (Å²) in [6.45, 7) is 3.63. The number of carbonyl (C=O) groups is 2. The molecule has 2 N–H and O–H groups in total. The lowest BCUT2D eigenvalue weighted by atomic mass is 10.2. The molecule has 0 spiro atoms. The lowest BCUT2D eigenvalue weighted by Crippen LogP contribution is -2.17. The number of hydrogen-bond donors (Lipinski definition) is 2. The standard InChI is InChI=1S/C17H18ClN3O3/c1-10(2)16(22)20-12-5-7-15(19-9-12)21-14-8-11(17(23)24-3)4-6-13(14)18/h4-10H,1-3H3,(H,19,21)(H,20,22). The number of rotatable bonds is 5. The zero-order valence-corrected chi connectivity index (χ0v) is 14.3. The number of pyridine rings is 1. The predicted molar refractivity (Wildman–Crippen MR) is 93.8 cm³/mol. The van der Waals surface area contributed by atoms with Gasteiger partial charge in [0.1, 0.15) is 5.82 Å². The number of esters is 1. The summed E-state index contributed by atoms with van der Waals surface area (Å²) in [4.78, 5) is 27.5. The maximum Gasteiger partial charge on any atom is 0.337 e. The number of aromatic nitrogens is 1. The Kier molecular flexibility index (Phi) is 5.76. The molecule has 0 fully saturated rings. The third-order valence-corrected chi connectivity index (χ3v) is 3.54. The Bertz CT molecular complexity index is 745. The van der Waals surface area contributed by atoms with E-state index in [2.05, 4.69) is 20.4 Å². The van der Waals surface area contributed by atoms with Crippen molar-refractivity contribution in [2.24, 2.45) is 5.92 Å². The van der Waals surface area contributed by atoms with Crippen LogP contribution in [0.2, 0.25) is 5.02 Å². The summed E-state index contributed by atoms with van der Waals surface area (Å²) in [7, 11) is 1.32. The smallest absolute Gasteiger partial charge is 0.337 e. The fourth-order valence-corrected chi connectivity index (χ4v) is 2.00. The molecule has 24 heavy (non-hydrogen) atoms. The van der Waals surface area contributed by atoms with Gasteiger partial charge in [-0.3, -0.25) is 4.79 Å². The molecule has 0 unspecified atom stereocenters. The van der Waals surface area contributed by atoms with Crippen molar-refractivity contribution in [3.05, 3.63) is 47.1 Å². The lowest BCUT2D eigenvalue weighted by molar-refractivity contribution is -0.118. The highest BCUT2D eigenvalue weighted by Crippen LogP contribution is 2.26. The number of carbonyl (C=O) groups excluding carboxylic acids is 2. The van der Waals surface area contributed by atoms with Crippen LogP contribution < -0.4 is 10.6 Å². The second kappa shape index (κ2) is 7.79. The maximum absolute atomic E-state index is 11.6. The highest BCUT2D eigenvalue weighted by molar-refractivity contribution is 6.33. The van der Waals surface area contributed by atoms with Gasteiger partial charge in [-0.1, -0.05) is 25.4 Å². The van der Waals surface area contributed by atoms with E-state index in [1.165, 1.54) is 7.11 Å². The van der Waals surface area contributed by atoms with Crippen LogP contribution in [0.3, 0.4) is 0 Å². The first kappa shape index (κ1) is 17.7. The first-order chi connectivity index (χ1) is 11.4. The Morgan fingerprint density at radius 3 is 2.54 bits per heavy atom. The van der Waals surface area contributed by atoms with E-state index in [1.54, 1.807) is 36.5 Å². The Balaban J connectivity index is 2.14. The molecule has 0 bridgehead atoms. The van der Waals surface area contributed by atoms with Crippen molar-refractivity contribution in [3.63, 3.8) is 0 Å². The molecule has 0 radical (unpaired) electrons. The van der Waals surface area contributed by atoms with Gasteiger partial charge in [-0.05, 0) is 30.3 Å². The minimum atomic E-state index is -0.450. The molecule has 0 aliphatic heterocycles. The van der Waals surface area contributed by atoms with Crippen LogP contribution in [-0.4, -0.2) is 24.0 Å². The zero-order valence-electron chi connectivity index (χ0n) is 13.6. The first-order valence-electron chi connectivity index (χ1n) is 7.32. The number of amides is 1. The van der Waals surface area contributed by atoms with Crippen molar-refractivity contribution in [1.82, 2.24) is 4.98 Å². The monoisotopic (exact) mass is 347 g/mol. The Labute approximate surface area is 145 Å². The van der Waals surface area contributed by atoms with Crippen LogP contribution in [0.1, 0.15) is 24.2 Å². The predicted octanol–water partition coefficient (Wildman–Crippen LogP) is 3.86. The van der Waals surface area contributed by atoms with Gasteiger partial charge in [0.25, 0.3) is 0 Å². The molecule has 126 valence electrons.